The molecule has 0 aliphatic heterocycles. The van der Waals surface area contributed by atoms with Crippen LogP contribution in [0.3, 0.4) is 0 Å². The molecule has 0 radical (unpaired) electrons. The van der Waals surface area contributed by atoms with Crippen molar-refractivity contribution in [2.75, 3.05) is 17.7 Å². The van der Waals surface area contributed by atoms with Crippen LogP contribution in [0.5, 0.6) is 5.75 Å². The molecule has 0 unspecified atom stereocenters. The second-order valence-electron chi connectivity index (χ2n) is 4.34. The Labute approximate surface area is 141 Å². The van der Waals surface area contributed by atoms with E-state index in [1.165, 1.54) is 31.4 Å². The number of nitro groups is 1. The third-order valence-corrected chi connectivity index (χ3v) is 3.39. The Morgan fingerprint density at radius 2 is 1.83 bits per heavy atom. The van der Waals surface area contributed by atoms with Gasteiger partial charge in [-0.05, 0) is 24.3 Å². The fraction of sp³-hybridized carbons (Fsp3) is 0.0714. The maximum Gasteiger partial charge on any atom is 0.323 e. The molecule has 0 fully saturated rings. The summed E-state index contributed by atoms with van der Waals surface area (Å²) in [5, 5.41) is 16.5. The van der Waals surface area contributed by atoms with E-state index in [0.29, 0.717) is 15.7 Å². The second kappa shape index (κ2) is 7.17. The molecule has 23 heavy (non-hydrogen) atoms. The molecule has 7 nitrogen and oxygen atoms in total. The van der Waals surface area contributed by atoms with E-state index in [2.05, 4.69) is 10.6 Å². The summed E-state index contributed by atoms with van der Waals surface area (Å²) in [7, 11) is 1.34. The van der Waals surface area contributed by atoms with Crippen LogP contribution in [0, 0.1) is 10.1 Å². The number of urea groups is 1. The summed E-state index contributed by atoms with van der Waals surface area (Å²) in [5.41, 5.74) is 0.456. The average molecular weight is 356 g/mol. The van der Waals surface area contributed by atoms with Crippen LogP contribution >= 0.6 is 23.2 Å². The number of amides is 2. The molecule has 2 amide bonds. The summed E-state index contributed by atoms with van der Waals surface area (Å²) in [6.45, 7) is 0. The van der Waals surface area contributed by atoms with Gasteiger partial charge in [-0.25, -0.2) is 4.79 Å². The number of non-ortho nitro benzene ring substituents is 1. The molecule has 0 saturated carbocycles. The predicted octanol–water partition coefficient (Wildman–Crippen LogP) is 4.55. The van der Waals surface area contributed by atoms with Crippen molar-refractivity contribution in [3.8, 4) is 5.75 Å². The van der Waals surface area contributed by atoms with Crippen molar-refractivity contribution in [2.24, 2.45) is 0 Å². The minimum atomic E-state index is -0.596. The largest absolute Gasteiger partial charge is 0.494 e. The van der Waals surface area contributed by atoms with E-state index in [-0.39, 0.29) is 17.1 Å². The summed E-state index contributed by atoms with van der Waals surface area (Å²) < 4.78 is 5.04. The lowest BCUT2D eigenvalue weighted by atomic mass is 10.2. The minimum Gasteiger partial charge on any atom is -0.494 e. The molecule has 0 saturated heterocycles. The summed E-state index contributed by atoms with van der Waals surface area (Å²) in [4.78, 5) is 22.2. The molecular formula is C14H11Cl2N3O4. The topological polar surface area (TPSA) is 93.5 Å². The molecule has 2 N–H and O–H groups in total. The highest BCUT2D eigenvalue weighted by molar-refractivity contribution is 6.35. The predicted molar refractivity (Wildman–Crippen MR) is 88.8 cm³/mol. The fourth-order valence-electron chi connectivity index (χ4n) is 1.77. The lowest BCUT2D eigenvalue weighted by Gasteiger charge is -2.12. The first kappa shape index (κ1) is 16.9. The number of rotatable bonds is 4. The number of hydrogen-bond acceptors (Lipinski definition) is 4. The van der Waals surface area contributed by atoms with E-state index >= 15 is 0 Å². The van der Waals surface area contributed by atoms with Gasteiger partial charge >= 0.3 is 6.03 Å². The first-order valence-corrected chi connectivity index (χ1v) is 7.02. The highest BCUT2D eigenvalue weighted by atomic mass is 35.5. The molecule has 0 atom stereocenters. The number of hydrogen-bond donors (Lipinski definition) is 2. The Morgan fingerprint density at radius 1 is 1.13 bits per heavy atom. The number of nitrogens with zero attached hydrogens (tertiary/aromatic N) is 1. The van der Waals surface area contributed by atoms with Crippen LogP contribution in [0.15, 0.2) is 36.4 Å². The number of ether oxygens (including phenoxy) is 1. The lowest BCUT2D eigenvalue weighted by Crippen LogP contribution is -2.20. The number of nitro benzene ring substituents is 1. The minimum absolute atomic E-state index is 0.148. The van der Waals surface area contributed by atoms with Crippen LogP contribution in [-0.4, -0.2) is 18.1 Å². The number of carbonyl (C=O) groups excluding carboxylic acids is 1. The highest BCUT2D eigenvalue weighted by Gasteiger charge is 2.14. The van der Waals surface area contributed by atoms with Crippen LogP contribution in [-0.2, 0) is 0 Å². The fourth-order valence-corrected chi connectivity index (χ4v) is 2.10. The smallest absolute Gasteiger partial charge is 0.323 e. The van der Waals surface area contributed by atoms with Crippen molar-refractivity contribution < 1.29 is 14.5 Å². The Hall–Kier alpha value is -2.51. The number of benzene rings is 2. The molecule has 0 aliphatic rings. The Morgan fingerprint density at radius 3 is 2.48 bits per heavy atom. The molecule has 2 aromatic carbocycles. The zero-order valence-electron chi connectivity index (χ0n) is 11.8. The van der Waals surface area contributed by atoms with Crippen LogP contribution < -0.4 is 15.4 Å². The lowest BCUT2D eigenvalue weighted by molar-refractivity contribution is -0.384. The SMILES string of the molecule is COc1cc([N+](=O)[O-])ccc1NC(=O)Nc1cc(Cl)ccc1Cl. The molecule has 0 heterocycles. The van der Waals surface area contributed by atoms with Gasteiger partial charge in [-0.3, -0.25) is 10.1 Å². The maximum absolute atomic E-state index is 12.0. The van der Waals surface area contributed by atoms with Crippen LogP contribution in [0.4, 0.5) is 21.9 Å². The van der Waals surface area contributed by atoms with E-state index in [4.69, 9.17) is 27.9 Å². The molecule has 2 rings (SSSR count). The number of halogens is 2. The number of anilines is 2. The van der Waals surface area contributed by atoms with Gasteiger partial charge in [0, 0.05) is 11.1 Å². The molecule has 120 valence electrons. The molecule has 0 spiro atoms. The van der Waals surface area contributed by atoms with Crippen molar-refractivity contribution >= 4 is 46.3 Å². The summed E-state index contributed by atoms with van der Waals surface area (Å²) >= 11 is 11.8. The standard InChI is InChI=1S/C14H11Cl2N3O4/c1-23-13-7-9(19(21)22)3-5-11(13)17-14(20)18-12-6-8(15)2-4-10(12)16/h2-7H,1H3,(H2,17,18,20). The quantitative estimate of drug-likeness (QED) is 0.621. The van der Waals surface area contributed by atoms with Crippen LogP contribution in [0.25, 0.3) is 0 Å². The van der Waals surface area contributed by atoms with Crippen molar-refractivity contribution in [1.29, 1.82) is 0 Å². The van der Waals surface area contributed by atoms with E-state index in [0.717, 1.165) is 0 Å². The van der Waals surface area contributed by atoms with E-state index in [9.17, 15) is 14.9 Å². The van der Waals surface area contributed by atoms with Gasteiger partial charge in [0.15, 0.2) is 0 Å². The van der Waals surface area contributed by atoms with E-state index in [1.807, 2.05) is 0 Å². The Bertz CT molecular complexity index is 768. The number of methoxy groups -OCH3 is 1. The monoisotopic (exact) mass is 355 g/mol. The van der Waals surface area contributed by atoms with Crippen molar-refractivity contribution in [3.63, 3.8) is 0 Å². The summed E-state index contributed by atoms with van der Waals surface area (Å²) in [6, 6.07) is 7.87. The molecule has 0 bridgehead atoms. The van der Waals surface area contributed by atoms with Crippen LogP contribution in [0.1, 0.15) is 0 Å². The van der Waals surface area contributed by atoms with E-state index < -0.39 is 11.0 Å². The summed E-state index contributed by atoms with van der Waals surface area (Å²) in [6.07, 6.45) is 0. The van der Waals surface area contributed by atoms with Crippen molar-refractivity contribution in [2.45, 2.75) is 0 Å². The second-order valence-corrected chi connectivity index (χ2v) is 5.19. The number of carbonyl (C=O) groups is 1. The normalized spacial score (nSPS) is 10.0. The highest BCUT2D eigenvalue weighted by Crippen LogP contribution is 2.30. The molecule has 2 aromatic rings. The van der Waals surface area contributed by atoms with Gasteiger partial charge in [0.2, 0.25) is 0 Å². The maximum atomic E-state index is 12.0. The molecule has 9 heteroatoms. The zero-order valence-corrected chi connectivity index (χ0v) is 13.3. The molecule has 0 aliphatic carbocycles. The Balaban J connectivity index is 2.17. The third kappa shape index (κ3) is 4.24. The van der Waals surface area contributed by atoms with Crippen molar-refractivity contribution in [1.82, 2.24) is 0 Å². The van der Waals surface area contributed by atoms with Gasteiger partial charge in [0.25, 0.3) is 5.69 Å². The van der Waals surface area contributed by atoms with E-state index in [1.54, 1.807) is 12.1 Å². The first-order chi connectivity index (χ1) is 10.9. The van der Waals surface area contributed by atoms with Crippen molar-refractivity contribution in [3.05, 3.63) is 56.6 Å². The van der Waals surface area contributed by atoms with Gasteiger partial charge in [0.05, 0.1) is 34.5 Å². The Kier molecular flexibility index (Phi) is 5.25. The number of nitrogens with one attached hydrogen (secondary N) is 2. The molecule has 0 aromatic heterocycles. The first-order valence-electron chi connectivity index (χ1n) is 6.26. The third-order valence-electron chi connectivity index (χ3n) is 2.82. The average Bonchev–Trinajstić information content (AvgIpc) is 2.51. The summed E-state index contributed by atoms with van der Waals surface area (Å²) in [5.74, 6) is 0.159. The molecular weight excluding hydrogens is 345 g/mol. The van der Waals surface area contributed by atoms with Crippen LogP contribution in [0.2, 0.25) is 10.0 Å². The zero-order chi connectivity index (χ0) is 17.0. The van der Waals surface area contributed by atoms with Gasteiger partial charge in [-0.15, -0.1) is 0 Å². The van der Waals surface area contributed by atoms with Gasteiger partial charge < -0.3 is 15.4 Å². The van der Waals surface area contributed by atoms with Gasteiger partial charge in [-0.1, -0.05) is 23.2 Å². The van der Waals surface area contributed by atoms with Gasteiger partial charge in [-0.2, -0.15) is 0 Å². The van der Waals surface area contributed by atoms with Gasteiger partial charge in [0.1, 0.15) is 5.75 Å².